The average Bonchev–Trinajstić information content (AvgIpc) is 2.92. The van der Waals surface area contributed by atoms with E-state index >= 15 is 0 Å². The number of carboxylic acid groups (broad SMARTS) is 1. The average molecular weight is 281 g/mol. The molecule has 0 aliphatic carbocycles. The van der Waals surface area contributed by atoms with Gasteiger partial charge in [-0.2, -0.15) is 5.10 Å². The van der Waals surface area contributed by atoms with Gasteiger partial charge in [-0.15, -0.1) is 0 Å². The molecule has 1 aliphatic heterocycles. The van der Waals surface area contributed by atoms with Gasteiger partial charge in [0.1, 0.15) is 12.2 Å². The second-order valence-corrected chi connectivity index (χ2v) is 5.27. The zero-order valence-corrected chi connectivity index (χ0v) is 11.4. The monoisotopic (exact) mass is 281 g/mol. The number of nitrogens with one attached hydrogen (secondary N) is 2. The van der Waals surface area contributed by atoms with E-state index in [0.717, 1.165) is 5.82 Å². The van der Waals surface area contributed by atoms with E-state index in [4.69, 9.17) is 5.11 Å². The molecule has 0 aromatic carbocycles. The number of hydrogen-bond acceptors (Lipinski definition) is 4. The number of carboxylic acids is 1. The van der Waals surface area contributed by atoms with Crippen LogP contribution in [0.5, 0.6) is 0 Å². The van der Waals surface area contributed by atoms with Crippen LogP contribution in [0.25, 0.3) is 0 Å². The Morgan fingerprint density at radius 2 is 2.20 bits per heavy atom. The van der Waals surface area contributed by atoms with Gasteiger partial charge in [0.15, 0.2) is 0 Å². The van der Waals surface area contributed by atoms with E-state index in [0.29, 0.717) is 38.9 Å². The van der Waals surface area contributed by atoms with Gasteiger partial charge in [0.25, 0.3) is 0 Å². The first-order valence-corrected chi connectivity index (χ1v) is 6.62. The van der Waals surface area contributed by atoms with Crippen LogP contribution in [0.2, 0.25) is 0 Å². The van der Waals surface area contributed by atoms with Crippen LogP contribution in [0, 0.1) is 5.41 Å². The van der Waals surface area contributed by atoms with Gasteiger partial charge in [-0.25, -0.2) is 9.78 Å². The second-order valence-electron chi connectivity index (χ2n) is 5.27. The molecule has 1 aliphatic rings. The largest absolute Gasteiger partial charge is 0.481 e. The van der Waals surface area contributed by atoms with Crippen molar-refractivity contribution in [3.8, 4) is 0 Å². The van der Waals surface area contributed by atoms with Crippen molar-refractivity contribution in [2.45, 2.75) is 26.2 Å². The highest BCUT2D eigenvalue weighted by Gasteiger charge is 2.37. The molecule has 0 saturated carbocycles. The number of likely N-dealkylation sites (tertiary alicyclic amines) is 1. The van der Waals surface area contributed by atoms with Crippen molar-refractivity contribution >= 4 is 12.0 Å². The Morgan fingerprint density at radius 3 is 2.75 bits per heavy atom. The van der Waals surface area contributed by atoms with Gasteiger partial charge in [-0.3, -0.25) is 9.89 Å². The van der Waals surface area contributed by atoms with E-state index in [1.807, 2.05) is 0 Å². The third-order valence-electron chi connectivity index (χ3n) is 3.77. The first-order valence-electron chi connectivity index (χ1n) is 6.62. The minimum atomic E-state index is -0.789. The van der Waals surface area contributed by atoms with E-state index in [1.165, 1.54) is 6.33 Å². The Labute approximate surface area is 116 Å². The smallest absolute Gasteiger partial charge is 0.317 e. The number of carbonyl (C=O) groups is 2. The van der Waals surface area contributed by atoms with Crippen LogP contribution in [0.3, 0.4) is 0 Å². The number of nitrogens with zero attached hydrogens (tertiary/aromatic N) is 3. The molecule has 2 amide bonds. The van der Waals surface area contributed by atoms with Gasteiger partial charge in [0.05, 0.1) is 5.41 Å². The molecule has 0 radical (unpaired) electrons. The molecule has 0 atom stereocenters. The molecule has 110 valence electrons. The number of carbonyl (C=O) groups excluding carboxylic acids is 1. The molecule has 0 bridgehead atoms. The zero-order chi connectivity index (χ0) is 14.6. The van der Waals surface area contributed by atoms with Crippen LogP contribution in [0.15, 0.2) is 6.33 Å². The van der Waals surface area contributed by atoms with Crippen LogP contribution in [-0.2, 0) is 11.2 Å². The summed E-state index contributed by atoms with van der Waals surface area (Å²) in [4.78, 5) is 28.7. The number of H-pyrrole nitrogens is 1. The number of rotatable bonds is 4. The highest BCUT2D eigenvalue weighted by Crippen LogP contribution is 2.30. The summed E-state index contributed by atoms with van der Waals surface area (Å²) in [7, 11) is 0. The third kappa shape index (κ3) is 3.25. The minimum absolute atomic E-state index is 0.156. The predicted octanol–water partition coefficient (Wildman–Crippen LogP) is 0.243. The van der Waals surface area contributed by atoms with Crippen LogP contribution in [0.4, 0.5) is 4.79 Å². The van der Waals surface area contributed by atoms with Crippen LogP contribution in [-0.4, -0.2) is 56.8 Å². The lowest BCUT2D eigenvalue weighted by Crippen LogP contribution is -2.49. The van der Waals surface area contributed by atoms with E-state index < -0.39 is 11.4 Å². The van der Waals surface area contributed by atoms with E-state index in [9.17, 15) is 9.59 Å². The normalized spacial score (nSPS) is 17.8. The Kier molecular flexibility index (Phi) is 4.21. The molecule has 3 N–H and O–H groups in total. The molecule has 1 saturated heterocycles. The molecule has 8 heteroatoms. The Balaban J connectivity index is 1.73. The summed E-state index contributed by atoms with van der Waals surface area (Å²) >= 11 is 0. The molecule has 1 aromatic heterocycles. The van der Waals surface area contributed by atoms with Crippen molar-refractivity contribution in [3.05, 3.63) is 12.2 Å². The number of aliphatic carboxylic acids is 1. The molecule has 2 rings (SSSR count). The minimum Gasteiger partial charge on any atom is -0.481 e. The van der Waals surface area contributed by atoms with Crippen molar-refractivity contribution in [1.82, 2.24) is 25.4 Å². The summed E-state index contributed by atoms with van der Waals surface area (Å²) in [6.45, 7) is 3.14. The van der Waals surface area contributed by atoms with Gasteiger partial charge in [0, 0.05) is 26.1 Å². The summed E-state index contributed by atoms with van der Waals surface area (Å²) in [5.41, 5.74) is -0.712. The van der Waals surface area contributed by atoms with Crippen LogP contribution >= 0.6 is 0 Å². The lowest BCUT2D eigenvalue weighted by molar-refractivity contribution is -0.150. The number of amides is 2. The molecular formula is C12H19N5O3. The number of piperidine rings is 1. The fourth-order valence-electron chi connectivity index (χ4n) is 2.17. The SMILES string of the molecule is CC1(C(=O)O)CCN(C(=O)NCCc2ncn[nH]2)CC1. The maximum atomic E-state index is 11.9. The molecule has 1 fully saturated rings. The Morgan fingerprint density at radius 1 is 1.50 bits per heavy atom. The lowest BCUT2D eigenvalue weighted by Gasteiger charge is -2.36. The number of aromatic nitrogens is 3. The number of urea groups is 1. The zero-order valence-electron chi connectivity index (χ0n) is 11.4. The predicted molar refractivity (Wildman–Crippen MR) is 70.0 cm³/mol. The molecule has 1 aromatic rings. The molecule has 8 nitrogen and oxygen atoms in total. The maximum Gasteiger partial charge on any atom is 0.317 e. The topological polar surface area (TPSA) is 111 Å². The van der Waals surface area contributed by atoms with Gasteiger partial charge in [-0.1, -0.05) is 0 Å². The van der Waals surface area contributed by atoms with Crippen LogP contribution in [0.1, 0.15) is 25.6 Å². The number of hydrogen-bond donors (Lipinski definition) is 3. The maximum absolute atomic E-state index is 11.9. The summed E-state index contributed by atoms with van der Waals surface area (Å²) in [6.07, 6.45) is 2.98. The molecule has 2 heterocycles. The standard InChI is InChI=1S/C12H19N5O3/c1-12(10(18)19)3-6-17(7-4-12)11(20)13-5-2-9-14-8-15-16-9/h8H,2-7H2,1H3,(H,13,20)(H,18,19)(H,14,15,16). The lowest BCUT2D eigenvalue weighted by atomic mass is 9.80. The van der Waals surface area contributed by atoms with Gasteiger partial charge in [-0.05, 0) is 19.8 Å². The van der Waals surface area contributed by atoms with E-state index in [-0.39, 0.29) is 6.03 Å². The second kappa shape index (κ2) is 5.89. The van der Waals surface area contributed by atoms with E-state index in [2.05, 4.69) is 20.5 Å². The van der Waals surface area contributed by atoms with Crippen LogP contribution < -0.4 is 5.32 Å². The Bertz CT molecular complexity index is 465. The molecule has 20 heavy (non-hydrogen) atoms. The third-order valence-corrected chi connectivity index (χ3v) is 3.77. The summed E-state index contributed by atoms with van der Waals surface area (Å²) < 4.78 is 0. The van der Waals surface area contributed by atoms with Crippen molar-refractivity contribution in [1.29, 1.82) is 0 Å². The quantitative estimate of drug-likeness (QED) is 0.732. The molecule has 0 unspecified atom stereocenters. The van der Waals surface area contributed by atoms with E-state index in [1.54, 1.807) is 11.8 Å². The van der Waals surface area contributed by atoms with Gasteiger partial charge < -0.3 is 15.3 Å². The van der Waals surface area contributed by atoms with Crippen molar-refractivity contribution in [2.24, 2.45) is 5.41 Å². The summed E-state index contributed by atoms with van der Waals surface area (Å²) in [5.74, 6) is -0.0646. The number of aromatic amines is 1. The van der Waals surface area contributed by atoms with Crippen molar-refractivity contribution < 1.29 is 14.7 Å². The van der Waals surface area contributed by atoms with Gasteiger partial charge in [0.2, 0.25) is 0 Å². The fourth-order valence-corrected chi connectivity index (χ4v) is 2.17. The first-order chi connectivity index (χ1) is 9.51. The molecule has 0 spiro atoms. The highest BCUT2D eigenvalue weighted by atomic mass is 16.4. The van der Waals surface area contributed by atoms with Gasteiger partial charge >= 0.3 is 12.0 Å². The Hall–Kier alpha value is -2.12. The molecular weight excluding hydrogens is 262 g/mol. The highest BCUT2D eigenvalue weighted by molar-refractivity contribution is 5.76. The fraction of sp³-hybridized carbons (Fsp3) is 0.667. The summed E-state index contributed by atoms with van der Waals surface area (Å²) in [6, 6.07) is -0.156. The first kappa shape index (κ1) is 14.3. The van der Waals surface area contributed by atoms with Crippen molar-refractivity contribution in [3.63, 3.8) is 0 Å². The summed E-state index contributed by atoms with van der Waals surface area (Å²) in [5, 5.41) is 18.4. The van der Waals surface area contributed by atoms with Crippen molar-refractivity contribution in [2.75, 3.05) is 19.6 Å².